The normalized spacial score (nSPS) is 29.5. The number of hydrogen-bond acceptors (Lipinski definition) is 3. The molecular formula is C18H30O3. The summed E-state index contributed by atoms with van der Waals surface area (Å²) in [6.45, 7) is 15.8. The summed E-state index contributed by atoms with van der Waals surface area (Å²) in [6.07, 6.45) is 4.20. The summed E-state index contributed by atoms with van der Waals surface area (Å²) in [7, 11) is 0. The molecule has 5 atom stereocenters. The van der Waals surface area contributed by atoms with E-state index in [9.17, 15) is 9.90 Å². The first-order valence-electron chi connectivity index (χ1n) is 7.92. The van der Waals surface area contributed by atoms with Crippen LogP contribution < -0.4 is 0 Å². The van der Waals surface area contributed by atoms with Crippen LogP contribution in [0.3, 0.4) is 0 Å². The lowest BCUT2D eigenvalue weighted by Crippen LogP contribution is -2.49. The molecule has 0 saturated heterocycles. The number of esters is 1. The first-order chi connectivity index (χ1) is 9.77. The molecule has 3 nitrogen and oxygen atoms in total. The molecule has 0 aliphatic heterocycles. The lowest BCUT2D eigenvalue weighted by molar-refractivity contribution is -0.163. The van der Waals surface area contributed by atoms with E-state index in [1.54, 1.807) is 19.9 Å². The highest BCUT2D eigenvalue weighted by Crippen LogP contribution is 2.49. The fraction of sp³-hybridized carbons (Fsp3) is 0.722. The SMILES string of the molecule is C=CCC(C(=O)OCC)[C@@](C)(O)[C@@H]1[C@H](C)CC[C@H]1C(=C)C. The van der Waals surface area contributed by atoms with Crippen LogP contribution in [0.15, 0.2) is 24.8 Å². The highest BCUT2D eigenvalue weighted by atomic mass is 16.5. The van der Waals surface area contributed by atoms with E-state index in [2.05, 4.69) is 20.1 Å². The third-order valence-corrected chi connectivity index (χ3v) is 4.97. The van der Waals surface area contributed by atoms with Crippen LogP contribution in [0.1, 0.15) is 47.0 Å². The van der Waals surface area contributed by atoms with Gasteiger partial charge in [0, 0.05) is 0 Å². The van der Waals surface area contributed by atoms with Crippen molar-refractivity contribution in [3.05, 3.63) is 24.8 Å². The zero-order chi connectivity index (χ0) is 16.2. The van der Waals surface area contributed by atoms with Gasteiger partial charge in [0.25, 0.3) is 0 Å². The van der Waals surface area contributed by atoms with Gasteiger partial charge in [0.05, 0.1) is 18.1 Å². The van der Waals surface area contributed by atoms with Crippen molar-refractivity contribution < 1.29 is 14.6 Å². The molecule has 0 amide bonds. The third kappa shape index (κ3) is 3.76. The van der Waals surface area contributed by atoms with E-state index in [-0.39, 0.29) is 17.8 Å². The van der Waals surface area contributed by atoms with Crippen molar-refractivity contribution in [2.75, 3.05) is 6.61 Å². The van der Waals surface area contributed by atoms with Crippen LogP contribution in [0.4, 0.5) is 0 Å². The zero-order valence-electron chi connectivity index (χ0n) is 13.9. The minimum atomic E-state index is -1.11. The lowest BCUT2D eigenvalue weighted by Gasteiger charge is -2.41. The lowest BCUT2D eigenvalue weighted by atomic mass is 9.68. The quantitative estimate of drug-likeness (QED) is 0.575. The molecule has 0 aromatic heterocycles. The van der Waals surface area contributed by atoms with Crippen LogP contribution >= 0.6 is 0 Å². The number of hydrogen-bond donors (Lipinski definition) is 1. The average Bonchev–Trinajstić information content (AvgIpc) is 2.78. The van der Waals surface area contributed by atoms with Crippen LogP contribution in [0.25, 0.3) is 0 Å². The van der Waals surface area contributed by atoms with Crippen molar-refractivity contribution in [2.45, 2.75) is 52.6 Å². The Morgan fingerprint density at radius 3 is 2.62 bits per heavy atom. The van der Waals surface area contributed by atoms with Gasteiger partial charge in [-0.15, -0.1) is 6.58 Å². The van der Waals surface area contributed by atoms with Gasteiger partial charge in [-0.3, -0.25) is 4.79 Å². The first kappa shape index (κ1) is 18.0. The minimum absolute atomic E-state index is 0.0318. The van der Waals surface area contributed by atoms with Crippen molar-refractivity contribution in [1.82, 2.24) is 0 Å². The number of carbonyl (C=O) groups is 1. The van der Waals surface area contributed by atoms with Crippen molar-refractivity contribution in [1.29, 1.82) is 0 Å². The van der Waals surface area contributed by atoms with Crippen molar-refractivity contribution >= 4 is 5.97 Å². The van der Waals surface area contributed by atoms with Crippen LogP contribution in [0.2, 0.25) is 0 Å². The fourth-order valence-corrected chi connectivity index (χ4v) is 3.95. The summed E-state index contributed by atoms with van der Waals surface area (Å²) in [6, 6.07) is 0. The Kier molecular flexibility index (Phi) is 6.21. The van der Waals surface area contributed by atoms with Gasteiger partial charge in [-0.25, -0.2) is 0 Å². The smallest absolute Gasteiger partial charge is 0.312 e. The molecule has 1 rings (SSSR count). The first-order valence-corrected chi connectivity index (χ1v) is 7.92. The van der Waals surface area contributed by atoms with E-state index < -0.39 is 11.5 Å². The molecule has 0 spiro atoms. The topological polar surface area (TPSA) is 46.5 Å². The highest BCUT2D eigenvalue weighted by molar-refractivity contribution is 5.74. The van der Waals surface area contributed by atoms with Gasteiger partial charge < -0.3 is 9.84 Å². The minimum Gasteiger partial charge on any atom is -0.466 e. The Hall–Kier alpha value is -1.09. The number of aliphatic hydroxyl groups is 1. The molecule has 120 valence electrons. The zero-order valence-corrected chi connectivity index (χ0v) is 13.9. The van der Waals surface area contributed by atoms with Gasteiger partial charge in [0.2, 0.25) is 0 Å². The molecule has 0 radical (unpaired) electrons. The Labute approximate surface area is 129 Å². The molecule has 3 heteroatoms. The van der Waals surface area contributed by atoms with Gasteiger partial charge in [0.1, 0.15) is 0 Å². The van der Waals surface area contributed by atoms with Gasteiger partial charge in [0.15, 0.2) is 0 Å². The van der Waals surface area contributed by atoms with Gasteiger partial charge in [-0.1, -0.05) is 25.2 Å². The maximum atomic E-state index is 12.3. The Bertz CT molecular complexity index is 397. The molecule has 1 N–H and O–H groups in total. The molecule has 1 unspecified atom stereocenters. The highest BCUT2D eigenvalue weighted by Gasteiger charge is 2.51. The summed E-state index contributed by atoms with van der Waals surface area (Å²) in [5.74, 6) is -0.242. The molecule has 1 saturated carbocycles. The summed E-state index contributed by atoms with van der Waals surface area (Å²) in [5.41, 5.74) is -0.0224. The molecule has 0 aromatic rings. The van der Waals surface area contributed by atoms with Crippen LogP contribution in [-0.4, -0.2) is 23.3 Å². The van der Waals surface area contributed by atoms with E-state index >= 15 is 0 Å². The van der Waals surface area contributed by atoms with Crippen molar-refractivity contribution in [2.24, 2.45) is 23.7 Å². The van der Waals surface area contributed by atoms with Gasteiger partial charge in [-0.2, -0.15) is 0 Å². The second-order valence-corrected chi connectivity index (χ2v) is 6.59. The fourth-order valence-electron chi connectivity index (χ4n) is 3.95. The maximum absolute atomic E-state index is 12.3. The Morgan fingerprint density at radius 2 is 2.14 bits per heavy atom. The predicted octanol–water partition coefficient (Wildman–Crippen LogP) is 3.73. The van der Waals surface area contributed by atoms with Crippen molar-refractivity contribution in [3.63, 3.8) is 0 Å². The van der Waals surface area contributed by atoms with Crippen LogP contribution in [0.5, 0.6) is 0 Å². The van der Waals surface area contributed by atoms with Crippen LogP contribution in [-0.2, 0) is 9.53 Å². The molecule has 0 heterocycles. The van der Waals surface area contributed by atoms with E-state index in [0.29, 0.717) is 18.9 Å². The molecule has 0 bridgehead atoms. The van der Waals surface area contributed by atoms with E-state index in [1.807, 2.05) is 6.92 Å². The van der Waals surface area contributed by atoms with Crippen LogP contribution in [0, 0.1) is 23.7 Å². The summed E-state index contributed by atoms with van der Waals surface area (Å²) < 4.78 is 5.16. The standard InChI is InChI=1S/C18H30O3/c1-7-9-15(17(19)21-8-2)18(6,20)16-13(5)10-11-14(16)12(3)4/h7,13-16,20H,1,3,8-11H2,2,4-6H3/t13-,14+,15?,16-,18-/m1/s1. The number of allylic oxidation sites excluding steroid dienone is 2. The second-order valence-electron chi connectivity index (χ2n) is 6.59. The maximum Gasteiger partial charge on any atom is 0.312 e. The Balaban J connectivity index is 3.10. The largest absolute Gasteiger partial charge is 0.466 e. The van der Waals surface area contributed by atoms with Gasteiger partial charge >= 0.3 is 5.97 Å². The second kappa shape index (κ2) is 7.26. The van der Waals surface area contributed by atoms with E-state index in [1.165, 1.54) is 0 Å². The summed E-state index contributed by atoms with van der Waals surface area (Å²) in [5, 5.41) is 11.2. The van der Waals surface area contributed by atoms with Crippen molar-refractivity contribution in [3.8, 4) is 0 Å². The number of ether oxygens (including phenoxy) is 1. The number of carbonyl (C=O) groups excluding carboxylic acids is 1. The van der Waals surface area contributed by atoms with Gasteiger partial charge in [-0.05, 0) is 57.8 Å². The molecule has 1 fully saturated rings. The number of rotatable bonds is 7. The molecule has 1 aliphatic carbocycles. The molecule has 21 heavy (non-hydrogen) atoms. The average molecular weight is 294 g/mol. The molecule has 1 aliphatic rings. The monoisotopic (exact) mass is 294 g/mol. The summed E-state index contributed by atoms with van der Waals surface area (Å²) in [4.78, 5) is 12.3. The van der Waals surface area contributed by atoms with E-state index in [0.717, 1.165) is 18.4 Å². The summed E-state index contributed by atoms with van der Waals surface area (Å²) >= 11 is 0. The Morgan fingerprint density at radius 1 is 1.52 bits per heavy atom. The predicted molar refractivity (Wildman–Crippen MR) is 85.8 cm³/mol. The molecule has 0 aromatic carbocycles. The third-order valence-electron chi connectivity index (χ3n) is 4.97. The van der Waals surface area contributed by atoms with E-state index in [4.69, 9.17) is 4.74 Å². The molecular weight excluding hydrogens is 264 g/mol.